The summed E-state index contributed by atoms with van der Waals surface area (Å²) in [6.45, 7) is 0.899. The lowest BCUT2D eigenvalue weighted by atomic mass is 10.1. The van der Waals surface area contributed by atoms with Crippen LogP contribution < -0.4 is 11.1 Å². The van der Waals surface area contributed by atoms with E-state index in [9.17, 15) is 0 Å². The van der Waals surface area contributed by atoms with E-state index >= 15 is 0 Å². The van der Waals surface area contributed by atoms with Gasteiger partial charge in [-0.1, -0.05) is 25.7 Å². The Labute approximate surface area is 109 Å². The van der Waals surface area contributed by atoms with E-state index in [2.05, 4.69) is 10.3 Å². The number of nitrogens with one attached hydrogen (secondary N) is 1. The van der Waals surface area contributed by atoms with E-state index in [0.29, 0.717) is 17.3 Å². The molecule has 3 nitrogen and oxygen atoms in total. The van der Waals surface area contributed by atoms with Gasteiger partial charge in [0.1, 0.15) is 0 Å². The van der Waals surface area contributed by atoms with E-state index in [1.54, 1.807) is 0 Å². The monoisotopic (exact) mass is 255 g/mol. The summed E-state index contributed by atoms with van der Waals surface area (Å²) < 4.78 is 0. The van der Waals surface area contributed by atoms with Gasteiger partial charge in [-0.25, -0.2) is 0 Å². The lowest BCUT2D eigenvalue weighted by Crippen LogP contribution is -2.40. The van der Waals surface area contributed by atoms with Gasteiger partial charge in [0, 0.05) is 11.3 Å². The minimum absolute atomic E-state index is 0.567. The lowest BCUT2D eigenvalue weighted by Gasteiger charge is -2.17. The van der Waals surface area contributed by atoms with Gasteiger partial charge in [-0.15, -0.1) is 0 Å². The molecular weight excluding hydrogens is 230 g/mol. The highest BCUT2D eigenvalue weighted by molar-refractivity contribution is 8.00. The first-order valence-electron chi connectivity index (χ1n) is 7.02. The van der Waals surface area contributed by atoms with Crippen LogP contribution in [0.2, 0.25) is 0 Å². The van der Waals surface area contributed by atoms with Crippen molar-refractivity contribution in [3.63, 3.8) is 0 Å². The van der Waals surface area contributed by atoms with Crippen molar-refractivity contribution in [1.82, 2.24) is 5.32 Å². The Bertz CT molecular complexity index is 241. The second-order valence-corrected chi connectivity index (χ2v) is 6.60. The van der Waals surface area contributed by atoms with Crippen LogP contribution in [-0.4, -0.2) is 29.5 Å². The first kappa shape index (κ1) is 13.1. The van der Waals surface area contributed by atoms with Gasteiger partial charge in [0.15, 0.2) is 5.96 Å². The van der Waals surface area contributed by atoms with Crippen molar-refractivity contribution in [3.8, 4) is 0 Å². The van der Waals surface area contributed by atoms with Crippen molar-refractivity contribution in [2.24, 2.45) is 10.7 Å². The van der Waals surface area contributed by atoms with Crippen molar-refractivity contribution in [2.75, 3.05) is 12.3 Å². The number of nitrogens with two attached hydrogens (primary N) is 1. The highest BCUT2D eigenvalue weighted by Crippen LogP contribution is 2.26. The summed E-state index contributed by atoms with van der Waals surface area (Å²) >= 11 is 2.04. The molecule has 2 fully saturated rings. The van der Waals surface area contributed by atoms with Crippen molar-refractivity contribution in [3.05, 3.63) is 0 Å². The van der Waals surface area contributed by atoms with Crippen molar-refractivity contribution in [2.45, 2.75) is 62.7 Å². The third kappa shape index (κ3) is 4.78. The van der Waals surface area contributed by atoms with E-state index in [0.717, 1.165) is 6.54 Å². The van der Waals surface area contributed by atoms with Crippen LogP contribution in [0.3, 0.4) is 0 Å². The lowest BCUT2D eigenvalue weighted by molar-refractivity contribution is 0.530. The van der Waals surface area contributed by atoms with Gasteiger partial charge < -0.3 is 11.1 Å². The second-order valence-electron chi connectivity index (χ2n) is 5.19. The summed E-state index contributed by atoms with van der Waals surface area (Å²) in [7, 11) is 0. The Morgan fingerprint density at radius 1 is 1.12 bits per heavy atom. The summed E-state index contributed by atoms with van der Waals surface area (Å²) in [5.74, 6) is 1.97. The molecule has 98 valence electrons. The Hall–Kier alpha value is -0.380. The predicted molar refractivity (Wildman–Crippen MR) is 76.6 cm³/mol. The highest BCUT2D eigenvalue weighted by atomic mass is 32.2. The fraction of sp³-hybridized carbons (Fsp3) is 0.923. The van der Waals surface area contributed by atoms with Crippen molar-refractivity contribution < 1.29 is 0 Å². The maximum absolute atomic E-state index is 5.96. The van der Waals surface area contributed by atoms with Gasteiger partial charge in [0.2, 0.25) is 0 Å². The average molecular weight is 255 g/mol. The maximum Gasteiger partial charge on any atom is 0.188 e. The second kappa shape index (κ2) is 7.14. The van der Waals surface area contributed by atoms with Gasteiger partial charge >= 0.3 is 0 Å². The molecule has 1 aliphatic heterocycles. The van der Waals surface area contributed by atoms with Gasteiger partial charge in [-0.2, -0.15) is 11.8 Å². The van der Waals surface area contributed by atoms with E-state index in [-0.39, 0.29) is 0 Å². The molecule has 1 aliphatic carbocycles. The topological polar surface area (TPSA) is 50.4 Å². The van der Waals surface area contributed by atoms with Crippen LogP contribution in [0.1, 0.15) is 51.4 Å². The number of hydrogen-bond acceptors (Lipinski definition) is 2. The number of guanidine groups is 1. The minimum atomic E-state index is 0.567. The highest BCUT2D eigenvalue weighted by Gasteiger charge is 2.16. The molecular formula is C13H25N3S. The molecule has 0 amide bonds. The average Bonchev–Trinajstić information content (AvgIpc) is 2.72. The molecule has 1 heterocycles. The molecule has 1 atom stereocenters. The number of aliphatic imine (C=N–C) groups is 1. The van der Waals surface area contributed by atoms with Gasteiger partial charge in [-0.3, -0.25) is 4.99 Å². The van der Waals surface area contributed by atoms with Crippen LogP contribution in [0, 0.1) is 0 Å². The first-order valence-corrected chi connectivity index (χ1v) is 8.07. The number of hydrogen-bond donors (Lipinski definition) is 2. The molecule has 17 heavy (non-hydrogen) atoms. The molecule has 2 rings (SSSR count). The zero-order valence-corrected chi connectivity index (χ0v) is 11.5. The zero-order valence-electron chi connectivity index (χ0n) is 10.7. The molecule has 0 aromatic heterocycles. The number of nitrogens with zero attached hydrogens (tertiary/aromatic N) is 1. The molecule has 0 spiro atoms. The SMILES string of the molecule is NC(=NCC1CCCS1)NC1CCCCCC1. The van der Waals surface area contributed by atoms with Crippen LogP contribution in [-0.2, 0) is 0 Å². The third-order valence-electron chi connectivity index (χ3n) is 3.70. The molecule has 3 N–H and O–H groups in total. The van der Waals surface area contributed by atoms with Crippen molar-refractivity contribution >= 4 is 17.7 Å². The molecule has 1 saturated heterocycles. The van der Waals surface area contributed by atoms with Crippen molar-refractivity contribution in [1.29, 1.82) is 0 Å². The summed E-state index contributed by atoms with van der Waals surface area (Å²) in [4.78, 5) is 4.49. The Kier molecular flexibility index (Phi) is 5.49. The number of rotatable bonds is 3. The molecule has 1 saturated carbocycles. The molecule has 0 aromatic rings. The Balaban J connectivity index is 1.70. The smallest absolute Gasteiger partial charge is 0.188 e. The van der Waals surface area contributed by atoms with Gasteiger partial charge in [0.25, 0.3) is 0 Å². The van der Waals surface area contributed by atoms with Crippen LogP contribution >= 0.6 is 11.8 Å². The van der Waals surface area contributed by atoms with Crippen LogP contribution in [0.5, 0.6) is 0 Å². The van der Waals surface area contributed by atoms with E-state index in [1.165, 1.54) is 57.1 Å². The maximum atomic E-state index is 5.96. The molecule has 0 aromatic carbocycles. The molecule has 4 heteroatoms. The molecule has 0 radical (unpaired) electrons. The summed E-state index contributed by atoms with van der Waals surface area (Å²) in [6, 6.07) is 0.567. The first-order chi connectivity index (χ1) is 8.34. The summed E-state index contributed by atoms with van der Waals surface area (Å²) in [5.41, 5.74) is 5.96. The Morgan fingerprint density at radius 3 is 2.53 bits per heavy atom. The number of thioether (sulfide) groups is 1. The third-order valence-corrected chi connectivity index (χ3v) is 5.08. The molecule has 1 unspecified atom stereocenters. The summed E-state index contributed by atoms with van der Waals surface area (Å²) in [5, 5.41) is 4.11. The standard InChI is InChI=1S/C13H25N3S/c14-13(15-10-12-8-5-9-17-12)16-11-6-3-1-2-4-7-11/h11-12H,1-10H2,(H3,14,15,16). The largest absolute Gasteiger partial charge is 0.370 e. The quantitative estimate of drug-likeness (QED) is 0.463. The normalized spacial score (nSPS) is 28.0. The van der Waals surface area contributed by atoms with Crippen LogP contribution in [0.15, 0.2) is 4.99 Å². The van der Waals surface area contributed by atoms with Crippen LogP contribution in [0.25, 0.3) is 0 Å². The fourth-order valence-corrected chi connectivity index (χ4v) is 3.85. The van der Waals surface area contributed by atoms with E-state index < -0.39 is 0 Å². The molecule has 2 aliphatic rings. The van der Waals surface area contributed by atoms with Gasteiger partial charge in [0.05, 0.1) is 6.54 Å². The van der Waals surface area contributed by atoms with E-state index in [4.69, 9.17) is 5.73 Å². The fourth-order valence-electron chi connectivity index (χ4n) is 2.67. The Morgan fingerprint density at radius 2 is 1.88 bits per heavy atom. The minimum Gasteiger partial charge on any atom is -0.370 e. The zero-order chi connectivity index (χ0) is 11.9. The van der Waals surface area contributed by atoms with Gasteiger partial charge in [-0.05, 0) is 31.4 Å². The molecule has 0 bridgehead atoms. The predicted octanol–water partition coefficient (Wildman–Crippen LogP) is 2.51. The summed E-state index contributed by atoms with van der Waals surface area (Å²) in [6.07, 6.45) is 10.6. The van der Waals surface area contributed by atoms with E-state index in [1.807, 2.05) is 11.8 Å². The van der Waals surface area contributed by atoms with Crippen LogP contribution in [0.4, 0.5) is 0 Å².